The quantitative estimate of drug-likeness (QED) is 0.0322. The smallest absolute Gasteiger partial charge is 0.488 e. The molecule has 24 heteroatoms. The molecule has 4 heterocycles. The normalized spacial score (nSPS) is 11.8. The van der Waals surface area contributed by atoms with Crippen molar-refractivity contribution >= 4 is 40.3 Å². The minimum absolute atomic E-state index is 0.0412. The van der Waals surface area contributed by atoms with Crippen LogP contribution in [-0.2, 0) is 48.5 Å². The Morgan fingerprint density at radius 3 is 1.31 bits per heavy atom. The molecule has 0 amide bonds. The van der Waals surface area contributed by atoms with Crippen LogP contribution >= 0.6 is 11.6 Å². The fourth-order valence-corrected chi connectivity index (χ4v) is 8.36. The fraction of sp³-hybridized carbons (Fsp3) is 0.296. The van der Waals surface area contributed by atoms with Gasteiger partial charge in [-0.25, -0.2) is 24.3 Å². The van der Waals surface area contributed by atoms with Gasteiger partial charge in [-0.05, 0) is 89.3 Å². The van der Waals surface area contributed by atoms with Crippen molar-refractivity contribution in [1.82, 2.24) is 39.5 Å². The lowest BCUT2D eigenvalue weighted by Gasteiger charge is -2.15. The summed E-state index contributed by atoms with van der Waals surface area (Å²) >= 11 is 5.71. The first-order valence-electron chi connectivity index (χ1n) is 24.6. The Balaban J connectivity index is 0.000000206. The maximum Gasteiger partial charge on any atom is 0.488 e. The van der Waals surface area contributed by atoms with Crippen molar-refractivity contribution < 1.29 is 55.3 Å². The van der Waals surface area contributed by atoms with Crippen LogP contribution in [0.2, 0.25) is 56.5 Å². The Bertz CT molecular complexity index is 3060. The van der Waals surface area contributed by atoms with Crippen molar-refractivity contribution in [2.75, 3.05) is 13.2 Å². The van der Waals surface area contributed by atoms with Crippen molar-refractivity contribution in [2.45, 2.75) is 90.4 Å². The second kappa shape index (κ2) is 27.7. The van der Waals surface area contributed by atoms with Crippen LogP contribution in [0.25, 0.3) is 34.0 Å². The van der Waals surface area contributed by atoms with Gasteiger partial charge in [-0.15, -0.1) is 10.2 Å². The number of alkyl halides is 6. The summed E-state index contributed by atoms with van der Waals surface area (Å²) in [6.45, 7) is 14.9. The van der Waals surface area contributed by atoms with E-state index in [1.165, 1.54) is 24.5 Å². The summed E-state index contributed by atoms with van der Waals surface area (Å²) in [5.74, 6) is -0.874. The zero-order valence-corrected chi connectivity index (χ0v) is 46.6. The first kappa shape index (κ1) is 60.5. The number of pyridine rings is 2. The summed E-state index contributed by atoms with van der Waals surface area (Å²) in [4.78, 5) is 15.6. The van der Waals surface area contributed by atoms with Gasteiger partial charge in [0.2, 0.25) is 0 Å². The van der Waals surface area contributed by atoms with Crippen LogP contribution < -0.4 is 14.9 Å². The third kappa shape index (κ3) is 19.9. The first-order valence-corrected chi connectivity index (χ1v) is 32.4. The van der Waals surface area contributed by atoms with Gasteiger partial charge in [0.25, 0.3) is 11.6 Å². The second-order valence-electron chi connectivity index (χ2n) is 20.0. The Morgan fingerprint density at radius 1 is 0.526 bits per heavy atom. The summed E-state index contributed by atoms with van der Waals surface area (Å²) in [5, 5.41) is 25.3. The molecule has 0 aliphatic rings. The number of rotatable bonds is 20. The summed E-state index contributed by atoms with van der Waals surface area (Å²) in [6.07, 6.45) is -6.43. The average Bonchev–Trinajstić information content (AvgIpc) is 4.17. The van der Waals surface area contributed by atoms with E-state index in [1.807, 2.05) is 84.9 Å². The number of benzene rings is 4. The van der Waals surface area contributed by atoms with Crippen molar-refractivity contribution in [3.8, 4) is 45.5 Å². The molecule has 4 aromatic carbocycles. The molecule has 78 heavy (non-hydrogen) atoms. The molecule has 4 aromatic heterocycles. The molecular weight excluding hydrogens is 1070 g/mol. The highest BCUT2D eigenvalue weighted by atomic mass is 35.5. The highest BCUT2D eigenvalue weighted by Gasteiger charge is 2.38. The SMILES string of the molecule is C[Si](C)(C)CCOCn1nc(C(F)(F)F)nc1-c1ccc(-c2ccc(OCc3ccccc3)cc2)nc1.C[Si](C)(C)CCOCn1nc(C(F)(F)F)nc1-c1ccc(Cl)nc1.OB(O)c1ccc(OCc2ccccc2)cc1. The molecule has 14 nitrogen and oxygen atoms in total. The Morgan fingerprint density at radius 2 is 0.936 bits per heavy atom. The molecule has 412 valence electrons. The number of halogens is 7. The minimum Gasteiger partial charge on any atom is -0.489 e. The number of hydrogen-bond acceptors (Lipinski definition) is 12. The van der Waals surface area contributed by atoms with E-state index in [4.69, 9.17) is 40.6 Å². The summed E-state index contributed by atoms with van der Waals surface area (Å²) < 4.78 is 103. The van der Waals surface area contributed by atoms with Crippen LogP contribution in [0.4, 0.5) is 26.3 Å². The van der Waals surface area contributed by atoms with Crippen LogP contribution in [0.15, 0.2) is 146 Å². The molecule has 0 saturated heterocycles. The van der Waals surface area contributed by atoms with Gasteiger partial charge >= 0.3 is 19.5 Å². The summed E-state index contributed by atoms with van der Waals surface area (Å²) in [7, 11) is -4.04. The zero-order chi connectivity index (χ0) is 56.5. The van der Waals surface area contributed by atoms with Crippen LogP contribution in [0.1, 0.15) is 22.8 Å². The predicted octanol–water partition coefficient (Wildman–Crippen LogP) is 12.2. The third-order valence-electron chi connectivity index (χ3n) is 11.1. The van der Waals surface area contributed by atoms with E-state index in [-0.39, 0.29) is 30.3 Å². The molecule has 0 radical (unpaired) electrons. The van der Waals surface area contributed by atoms with Crippen molar-refractivity contribution in [3.63, 3.8) is 0 Å². The maximum atomic E-state index is 13.3. The molecule has 0 bridgehead atoms. The van der Waals surface area contributed by atoms with Gasteiger partial charge in [0, 0.05) is 58.4 Å². The molecule has 0 aliphatic carbocycles. The van der Waals surface area contributed by atoms with Gasteiger partial charge in [-0.3, -0.25) is 4.98 Å². The number of aromatic nitrogens is 8. The van der Waals surface area contributed by atoms with Gasteiger partial charge in [0.05, 0.1) is 5.69 Å². The van der Waals surface area contributed by atoms with E-state index >= 15 is 0 Å². The van der Waals surface area contributed by atoms with Gasteiger partial charge in [-0.2, -0.15) is 26.3 Å². The topological polar surface area (TPSA) is 165 Å². The second-order valence-corrected chi connectivity index (χ2v) is 31.7. The lowest BCUT2D eigenvalue weighted by atomic mass is 9.80. The van der Waals surface area contributed by atoms with E-state index in [2.05, 4.69) is 69.4 Å². The molecule has 0 atom stereocenters. The van der Waals surface area contributed by atoms with E-state index in [9.17, 15) is 26.3 Å². The van der Waals surface area contributed by atoms with Crippen molar-refractivity contribution in [1.29, 1.82) is 0 Å². The van der Waals surface area contributed by atoms with Crippen molar-refractivity contribution in [3.05, 3.63) is 174 Å². The number of ether oxygens (including phenoxy) is 4. The Hall–Kier alpha value is -6.73. The van der Waals surface area contributed by atoms with Crippen LogP contribution in [0.3, 0.4) is 0 Å². The lowest BCUT2D eigenvalue weighted by Crippen LogP contribution is -2.29. The molecule has 0 unspecified atom stereocenters. The molecular formula is C54H60BClF6N8O6Si2. The van der Waals surface area contributed by atoms with Gasteiger partial charge in [0.15, 0.2) is 11.6 Å². The maximum absolute atomic E-state index is 13.3. The van der Waals surface area contributed by atoms with E-state index in [0.717, 1.165) is 43.9 Å². The largest absolute Gasteiger partial charge is 0.489 e. The molecule has 0 spiro atoms. The molecule has 8 aromatic rings. The van der Waals surface area contributed by atoms with Gasteiger partial charge in [-0.1, -0.05) is 124 Å². The summed E-state index contributed by atoms with van der Waals surface area (Å²) in [6, 6.07) is 42.2. The molecule has 0 aliphatic heterocycles. The predicted molar refractivity (Wildman–Crippen MR) is 293 cm³/mol. The average molecular weight is 1130 g/mol. The molecule has 0 saturated carbocycles. The van der Waals surface area contributed by atoms with Crippen LogP contribution in [0, 0.1) is 0 Å². The van der Waals surface area contributed by atoms with E-state index in [1.54, 1.807) is 36.4 Å². The van der Waals surface area contributed by atoms with Gasteiger partial charge in [0.1, 0.15) is 43.3 Å². The van der Waals surface area contributed by atoms with E-state index < -0.39 is 47.3 Å². The van der Waals surface area contributed by atoms with Gasteiger partial charge < -0.3 is 29.0 Å². The standard InChI is InChI=1S/C27H29F3N4O2Si.C14H18ClF3N4OSi.C13H13BO3/c1-37(2,3)16-15-35-19-34-25(32-26(33-34)27(28,29)30)22-11-14-24(31-17-22)21-9-12-23(13-10-21)36-18-20-7-5-4-6-8-20;1-24(2,3)7-6-23-9-22-12(10-4-5-11(15)19-8-10)20-13(21-22)14(16,17)18;15-14(16)12-6-8-13(9-7-12)17-10-11-4-2-1-3-5-11/h4-14,17H,15-16,18-19H2,1-3H3;4-5,8H,6-7,9H2,1-3H3;1-9,15-16H,10H2. The monoisotopic (exact) mass is 1130 g/mol. The van der Waals surface area contributed by atoms with Crippen molar-refractivity contribution in [2.24, 2.45) is 0 Å². The van der Waals surface area contributed by atoms with Crippen LogP contribution in [0.5, 0.6) is 11.5 Å². The lowest BCUT2D eigenvalue weighted by molar-refractivity contribution is -0.145. The molecule has 8 rings (SSSR count). The number of hydrogen-bond donors (Lipinski definition) is 2. The summed E-state index contributed by atoms with van der Waals surface area (Å²) in [5.41, 5.74) is 4.96. The third-order valence-corrected chi connectivity index (χ3v) is 14.7. The minimum atomic E-state index is -4.66. The van der Waals surface area contributed by atoms with Crippen LogP contribution in [-0.4, -0.2) is 86.0 Å². The Labute approximate surface area is 456 Å². The Kier molecular flexibility index (Phi) is 21.5. The number of nitrogens with zero attached hydrogens (tertiary/aromatic N) is 8. The molecule has 2 N–H and O–H groups in total. The highest BCUT2D eigenvalue weighted by molar-refractivity contribution is 6.76. The zero-order valence-electron chi connectivity index (χ0n) is 43.8. The fourth-order valence-electron chi connectivity index (χ4n) is 6.74. The molecule has 0 fully saturated rings. The van der Waals surface area contributed by atoms with E-state index in [0.29, 0.717) is 54.5 Å². The highest BCUT2D eigenvalue weighted by Crippen LogP contribution is 2.31. The first-order chi connectivity index (χ1) is 36.9.